The third-order valence-corrected chi connectivity index (χ3v) is 10.3. The zero-order chi connectivity index (χ0) is 32.9. The van der Waals surface area contributed by atoms with Gasteiger partial charge in [0.1, 0.15) is 42.5 Å². The van der Waals surface area contributed by atoms with Crippen molar-refractivity contribution in [3.8, 4) is 0 Å². The molecule has 14 heteroatoms. The standard InChI is InChI=1S/C33H43N3O11/c1-18(39)24(29(40)34-11-12-37)35-31(42)32-16-23-25-26(46-33(45-25,21-6-7-21)22-8-9-22)28(32)47-36(27(32)30(41)44-23)17-20-5-3-2-4-19(20)10-14-43-15-13-38/h2-5,10,14,18,21-28,37-39H,6-9,11-13,15-17H2,1H3,(H,34,40)(H,35,42)/t18-,23+,24+,25-,26-,27-,28+,32-/m0/s1. The minimum Gasteiger partial charge on any atom is -0.499 e. The minimum atomic E-state index is -1.53. The van der Waals surface area contributed by atoms with Gasteiger partial charge in [-0.15, -0.1) is 0 Å². The van der Waals surface area contributed by atoms with E-state index in [1.165, 1.54) is 18.2 Å². The zero-order valence-corrected chi connectivity index (χ0v) is 26.3. The Kier molecular flexibility index (Phi) is 8.79. The van der Waals surface area contributed by atoms with Crippen molar-refractivity contribution in [3.63, 3.8) is 0 Å². The molecule has 0 aromatic heterocycles. The van der Waals surface area contributed by atoms with Crippen LogP contribution in [0.15, 0.2) is 30.5 Å². The first-order chi connectivity index (χ1) is 22.7. The van der Waals surface area contributed by atoms with Crippen LogP contribution in [-0.2, 0) is 44.7 Å². The number of hydrogen-bond acceptors (Lipinski definition) is 12. The summed E-state index contributed by atoms with van der Waals surface area (Å²) in [6.07, 6.45) is 2.82. The summed E-state index contributed by atoms with van der Waals surface area (Å²) in [5.74, 6) is -2.33. The number of benzene rings is 1. The third kappa shape index (κ3) is 5.63. The van der Waals surface area contributed by atoms with Crippen LogP contribution in [0.1, 0.15) is 50.2 Å². The van der Waals surface area contributed by atoms with Crippen LogP contribution in [-0.4, -0.2) is 113 Å². The topological polar surface area (TPSA) is 185 Å². The number of aliphatic hydroxyl groups is 3. The number of nitrogens with one attached hydrogen (secondary N) is 2. The molecule has 3 aliphatic carbocycles. The number of rotatable bonds is 14. The van der Waals surface area contributed by atoms with Crippen LogP contribution in [0.4, 0.5) is 0 Å². The quantitative estimate of drug-likeness (QED) is 0.101. The molecule has 0 radical (unpaired) electrons. The first-order valence-corrected chi connectivity index (χ1v) is 16.6. The van der Waals surface area contributed by atoms with Crippen molar-refractivity contribution in [3.05, 3.63) is 41.7 Å². The average molecular weight is 658 g/mol. The summed E-state index contributed by atoms with van der Waals surface area (Å²) in [4.78, 5) is 48.3. The molecule has 5 N–H and O–H groups in total. The van der Waals surface area contributed by atoms with Crippen LogP contribution in [0, 0.1) is 17.3 Å². The number of carbonyl (C=O) groups excluding carboxylic acids is 3. The molecule has 3 saturated heterocycles. The van der Waals surface area contributed by atoms with Crippen molar-refractivity contribution in [1.29, 1.82) is 0 Å². The van der Waals surface area contributed by atoms with Crippen LogP contribution in [0.3, 0.4) is 0 Å². The summed E-state index contributed by atoms with van der Waals surface area (Å²) >= 11 is 0. The van der Waals surface area contributed by atoms with E-state index in [0.717, 1.165) is 36.8 Å². The number of amides is 2. The van der Waals surface area contributed by atoms with E-state index in [-0.39, 0.29) is 51.2 Å². The molecule has 1 aromatic carbocycles. The Labute approximate surface area is 272 Å². The SMILES string of the molecule is C[C@H](O)[C@@H](NC(=O)[C@@]12C[C@H]3OC(=O)[C@@H]1N(Cc1ccccc1C=COCCO)O[C@@H]2[C@H]1OC(C2CC2)(C2CC2)O[C@H]13)C(=O)NCCO. The molecule has 7 rings (SSSR count). The number of hydroxylamine groups is 2. The van der Waals surface area contributed by atoms with Gasteiger partial charge in [-0.3, -0.25) is 19.2 Å². The third-order valence-electron chi connectivity index (χ3n) is 10.3. The molecular weight excluding hydrogens is 614 g/mol. The summed E-state index contributed by atoms with van der Waals surface area (Å²) < 4.78 is 25.0. The summed E-state index contributed by atoms with van der Waals surface area (Å²) in [6.45, 7) is 1.13. The van der Waals surface area contributed by atoms with Gasteiger partial charge in [-0.2, -0.15) is 5.06 Å². The molecule has 2 bridgehead atoms. The van der Waals surface area contributed by atoms with Gasteiger partial charge in [-0.25, -0.2) is 0 Å². The Morgan fingerprint density at radius 2 is 1.83 bits per heavy atom. The second-order valence-electron chi connectivity index (χ2n) is 13.5. The summed E-state index contributed by atoms with van der Waals surface area (Å²) in [5, 5.41) is 35.5. The van der Waals surface area contributed by atoms with Gasteiger partial charge in [0.25, 0.3) is 0 Å². The van der Waals surface area contributed by atoms with Gasteiger partial charge < -0.3 is 44.9 Å². The fourth-order valence-corrected chi connectivity index (χ4v) is 7.89. The molecular formula is C33H43N3O11. The normalized spacial score (nSPS) is 33.6. The first-order valence-electron chi connectivity index (χ1n) is 16.6. The van der Waals surface area contributed by atoms with Gasteiger partial charge in [-0.05, 0) is 49.8 Å². The van der Waals surface area contributed by atoms with Crippen LogP contribution in [0.25, 0.3) is 6.08 Å². The number of aliphatic hydroxyl groups excluding tert-OH is 3. The van der Waals surface area contributed by atoms with E-state index in [4.69, 9.17) is 28.9 Å². The smallest absolute Gasteiger partial charge is 0.327 e. The van der Waals surface area contributed by atoms with Crippen molar-refractivity contribution >= 4 is 23.9 Å². The first kappa shape index (κ1) is 32.4. The molecule has 14 nitrogen and oxygen atoms in total. The molecule has 3 saturated carbocycles. The lowest BCUT2D eigenvalue weighted by atomic mass is 9.62. The van der Waals surface area contributed by atoms with Crippen LogP contribution < -0.4 is 10.6 Å². The lowest BCUT2D eigenvalue weighted by Crippen LogP contribution is -2.71. The van der Waals surface area contributed by atoms with Crippen molar-refractivity contribution < 1.29 is 53.5 Å². The number of hydrogen-bond donors (Lipinski definition) is 5. The van der Waals surface area contributed by atoms with Crippen molar-refractivity contribution in [2.24, 2.45) is 17.3 Å². The van der Waals surface area contributed by atoms with Gasteiger partial charge in [0.15, 0.2) is 11.8 Å². The minimum absolute atomic E-state index is 0.0577. The van der Waals surface area contributed by atoms with E-state index in [9.17, 15) is 24.6 Å². The predicted octanol–water partition coefficient (Wildman–Crippen LogP) is -0.259. The number of carbonyl (C=O) groups is 3. The number of esters is 1. The van der Waals surface area contributed by atoms with Crippen LogP contribution in [0.5, 0.6) is 0 Å². The van der Waals surface area contributed by atoms with Gasteiger partial charge in [0.05, 0.1) is 32.1 Å². The van der Waals surface area contributed by atoms with Gasteiger partial charge >= 0.3 is 5.97 Å². The van der Waals surface area contributed by atoms with Crippen molar-refractivity contribution in [1.82, 2.24) is 15.7 Å². The molecule has 256 valence electrons. The Balaban J connectivity index is 1.25. The van der Waals surface area contributed by atoms with Gasteiger partial charge in [-0.1, -0.05) is 24.3 Å². The Morgan fingerprint density at radius 1 is 1.11 bits per heavy atom. The fourth-order valence-electron chi connectivity index (χ4n) is 7.89. The van der Waals surface area contributed by atoms with E-state index in [1.54, 1.807) is 6.08 Å². The van der Waals surface area contributed by atoms with Gasteiger partial charge in [0, 0.05) is 24.8 Å². The summed E-state index contributed by atoms with van der Waals surface area (Å²) in [5.41, 5.74) is 0.0165. The maximum Gasteiger partial charge on any atom is 0.327 e. The molecule has 3 heterocycles. The molecule has 1 aromatic rings. The summed E-state index contributed by atoms with van der Waals surface area (Å²) in [6, 6.07) is 4.91. The molecule has 6 fully saturated rings. The number of fused-ring (bicyclic) bond motifs is 4. The molecule has 47 heavy (non-hydrogen) atoms. The molecule has 3 aliphatic heterocycles. The maximum absolute atomic E-state index is 14.6. The highest BCUT2D eigenvalue weighted by Crippen LogP contribution is 2.63. The molecule has 6 aliphatic rings. The summed E-state index contributed by atoms with van der Waals surface area (Å²) in [7, 11) is 0. The van der Waals surface area contributed by atoms with Crippen molar-refractivity contribution in [2.45, 2.75) is 94.0 Å². The molecule has 2 amide bonds. The molecule has 0 spiro atoms. The van der Waals surface area contributed by atoms with Crippen molar-refractivity contribution in [2.75, 3.05) is 26.4 Å². The van der Waals surface area contributed by atoms with Crippen LogP contribution in [0.2, 0.25) is 0 Å². The lowest BCUT2D eigenvalue weighted by molar-refractivity contribution is -0.235. The largest absolute Gasteiger partial charge is 0.499 e. The second-order valence-corrected chi connectivity index (χ2v) is 13.5. The number of nitrogens with zero attached hydrogens (tertiary/aromatic N) is 1. The maximum atomic E-state index is 14.6. The van der Waals surface area contributed by atoms with E-state index in [2.05, 4.69) is 10.6 Å². The predicted molar refractivity (Wildman–Crippen MR) is 161 cm³/mol. The zero-order valence-electron chi connectivity index (χ0n) is 26.3. The highest BCUT2D eigenvalue weighted by molar-refractivity contribution is 5.96. The molecule has 0 unspecified atom stereocenters. The van der Waals surface area contributed by atoms with Gasteiger partial charge in [0.2, 0.25) is 11.8 Å². The Bertz CT molecular complexity index is 1390. The van der Waals surface area contributed by atoms with Crippen LogP contribution >= 0.6 is 0 Å². The van der Waals surface area contributed by atoms with E-state index < -0.39 is 71.6 Å². The number of ether oxygens (including phenoxy) is 4. The Hall–Kier alpha value is -3.11. The van der Waals surface area contributed by atoms with E-state index >= 15 is 0 Å². The highest BCUT2D eigenvalue weighted by Gasteiger charge is 2.78. The van der Waals surface area contributed by atoms with E-state index in [0.29, 0.717) is 0 Å². The second kappa shape index (κ2) is 12.7. The highest BCUT2D eigenvalue weighted by atomic mass is 16.8. The monoisotopic (exact) mass is 657 g/mol. The Morgan fingerprint density at radius 3 is 2.51 bits per heavy atom. The lowest BCUT2D eigenvalue weighted by Gasteiger charge is -2.49. The average Bonchev–Trinajstić information content (AvgIpc) is 4.00. The fraction of sp³-hybridized carbons (Fsp3) is 0.667. The van der Waals surface area contributed by atoms with E-state index in [1.807, 2.05) is 24.3 Å². The molecule has 8 atom stereocenters.